The van der Waals surface area contributed by atoms with Gasteiger partial charge in [0.05, 0.1) is 11.3 Å². The molecule has 6 N–H and O–H groups in total. The van der Waals surface area contributed by atoms with E-state index in [9.17, 15) is 55.7 Å². The number of carbonyl (C=O) groups excluding carboxylic acids is 3. The molecule has 2 fully saturated rings. The fourth-order valence-electron chi connectivity index (χ4n) is 4.96. The molecule has 2 aromatic rings. The standard InChI is InChI=1S/C27H24F3N5O6S.C2HF3O2/c28-27(29,30)18-10-17(36)1-2-19(18)32-20(37)12-33-6-3-14(4-7-33)11-34-8-5-15(23(34)38)9-16-13-42-25-21(31)24(39)35(25)22(16)26(40)41;3-2(4,5)1(6)7/h1-4,6-7,9-10,21,25H,5,8,11-13,31H2,(H2-,32,36,37,40,41);(H,6,7)/p+1/b15-9+;/t21-,25-;/m1./s1. The fourth-order valence-corrected chi connectivity index (χ4v) is 6.22. The number of allylic oxidation sites excluding steroid dienone is 1. The molecule has 3 aliphatic heterocycles. The zero-order valence-electron chi connectivity index (χ0n) is 24.8. The summed E-state index contributed by atoms with van der Waals surface area (Å²) in [6.45, 7) is 0.361. The minimum Gasteiger partial charge on any atom is -0.508 e. The first-order valence-corrected chi connectivity index (χ1v) is 15.0. The Morgan fingerprint density at radius 2 is 1.69 bits per heavy atom. The quantitative estimate of drug-likeness (QED) is 0.0932. The first-order chi connectivity index (χ1) is 22.8. The normalized spacial score (nSPS) is 20.0. The average Bonchev–Trinajstić information content (AvgIpc) is 3.35. The van der Waals surface area contributed by atoms with Gasteiger partial charge >= 0.3 is 24.3 Å². The number of β-lactam (4-membered cyclic amide) rings is 1. The zero-order chi connectivity index (χ0) is 36.4. The van der Waals surface area contributed by atoms with Gasteiger partial charge in [0.15, 0.2) is 12.4 Å². The molecular weight excluding hydrogens is 692 g/mol. The maximum atomic E-state index is 13.3. The Morgan fingerprint density at radius 3 is 2.27 bits per heavy atom. The number of hydrogen-bond acceptors (Lipinski definition) is 8. The number of halogens is 6. The third kappa shape index (κ3) is 8.49. The maximum Gasteiger partial charge on any atom is 0.490 e. The van der Waals surface area contributed by atoms with Gasteiger partial charge in [0, 0.05) is 36.5 Å². The number of aromatic nitrogens is 1. The first-order valence-electron chi connectivity index (χ1n) is 13.9. The summed E-state index contributed by atoms with van der Waals surface area (Å²) < 4.78 is 72.9. The topological polar surface area (TPSA) is 194 Å². The molecule has 13 nitrogen and oxygen atoms in total. The Bertz CT molecular complexity index is 1750. The summed E-state index contributed by atoms with van der Waals surface area (Å²) in [6, 6.07) is 5.15. The molecule has 262 valence electrons. The summed E-state index contributed by atoms with van der Waals surface area (Å²) in [6.07, 6.45) is -4.80. The number of pyridine rings is 1. The number of nitrogens with one attached hydrogen (secondary N) is 1. The highest BCUT2D eigenvalue weighted by Crippen LogP contribution is 2.40. The molecule has 0 bridgehead atoms. The minimum atomic E-state index is -5.08. The summed E-state index contributed by atoms with van der Waals surface area (Å²) in [5.74, 6) is -5.74. The van der Waals surface area contributed by atoms with E-state index >= 15 is 0 Å². The Balaban J connectivity index is 0.000000698. The molecule has 1 aromatic heterocycles. The number of rotatable bonds is 7. The number of fused-ring (bicyclic) bond motifs is 1. The number of amides is 3. The smallest absolute Gasteiger partial charge is 0.490 e. The maximum absolute atomic E-state index is 13.3. The third-order valence-electron chi connectivity index (χ3n) is 7.29. The van der Waals surface area contributed by atoms with Crippen molar-refractivity contribution < 1.29 is 70.2 Å². The van der Waals surface area contributed by atoms with Crippen LogP contribution in [0, 0.1) is 0 Å². The van der Waals surface area contributed by atoms with Gasteiger partial charge in [-0.25, -0.2) is 9.59 Å². The van der Waals surface area contributed by atoms with Crippen molar-refractivity contribution in [1.29, 1.82) is 0 Å². The van der Waals surface area contributed by atoms with Gasteiger partial charge < -0.3 is 31.3 Å². The summed E-state index contributed by atoms with van der Waals surface area (Å²) in [4.78, 5) is 61.2. The number of aromatic hydroxyl groups is 1. The van der Waals surface area contributed by atoms with E-state index in [1.54, 1.807) is 35.5 Å². The Hall–Kier alpha value is -5.11. The number of aliphatic carboxylic acids is 2. The second-order valence-electron chi connectivity index (χ2n) is 10.7. The van der Waals surface area contributed by atoms with E-state index < -0.39 is 64.5 Å². The van der Waals surface area contributed by atoms with Gasteiger partial charge in [-0.05, 0) is 41.8 Å². The fraction of sp³-hybridized carbons (Fsp3) is 0.310. The summed E-state index contributed by atoms with van der Waals surface area (Å²) in [7, 11) is 0. The number of hydrogen-bond donors (Lipinski definition) is 5. The third-order valence-corrected chi connectivity index (χ3v) is 8.61. The van der Waals surface area contributed by atoms with Crippen LogP contribution in [0.5, 0.6) is 5.75 Å². The lowest BCUT2D eigenvalue weighted by Gasteiger charge is -2.47. The molecule has 3 amide bonds. The van der Waals surface area contributed by atoms with Gasteiger partial charge in [-0.15, -0.1) is 11.8 Å². The minimum absolute atomic E-state index is 0.152. The lowest BCUT2D eigenvalue weighted by atomic mass is 10.0. The van der Waals surface area contributed by atoms with E-state index in [1.807, 2.05) is 0 Å². The van der Waals surface area contributed by atoms with Crippen LogP contribution >= 0.6 is 11.8 Å². The zero-order valence-corrected chi connectivity index (χ0v) is 25.6. The number of nitrogens with two attached hydrogens (primary N) is 1. The molecule has 20 heteroatoms. The van der Waals surface area contributed by atoms with Crippen molar-refractivity contribution in [2.24, 2.45) is 5.73 Å². The molecule has 0 radical (unpaired) electrons. The van der Waals surface area contributed by atoms with Crippen LogP contribution in [0.4, 0.5) is 32.0 Å². The second-order valence-corrected chi connectivity index (χ2v) is 11.8. The molecule has 3 aliphatic rings. The molecule has 0 aliphatic carbocycles. The number of carboxylic acids is 2. The highest BCUT2D eigenvalue weighted by atomic mass is 32.2. The van der Waals surface area contributed by atoms with Crippen LogP contribution in [0.1, 0.15) is 17.5 Å². The number of phenolic OH excluding ortho intramolecular Hbond substituents is 1. The van der Waals surface area contributed by atoms with Crippen LogP contribution in [0.15, 0.2) is 65.6 Å². The second kappa shape index (κ2) is 14.2. The number of thioether (sulfide) groups is 1. The van der Waals surface area contributed by atoms with E-state index in [0.717, 1.165) is 17.7 Å². The van der Waals surface area contributed by atoms with Crippen molar-refractivity contribution in [3.63, 3.8) is 0 Å². The van der Waals surface area contributed by atoms with Crippen molar-refractivity contribution in [2.75, 3.05) is 17.6 Å². The number of carbonyl (C=O) groups is 5. The molecular formula is C29H26F6N5O8S+. The lowest BCUT2D eigenvalue weighted by molar-refractivity contribution is -0.684. The van der Waals surface area contributed by atoms with Gasteiger partial charge in [0.2, 0.25) is 18.4 Å². The van der Waals surface area contributed by atoms with Crippen molar-refractivity contribution in [3.05, 3.63) is 76.8 Å². The van der Waals surface area contributed by atoms with Crippen molar-refractivity contribution >= 4 is 47.1 Å². The van der Waals surface area contributed by atoms with Crippen LogP contribution in [0.25, 0.3) is 0 Å². The van der Waals surface area contributed by atoms with Crippen LogP contribution < -0.4 is 15.6 Å². The van der Waals surface area contributed by atoms with Gasteiger partial charge in [0.1, 0.15) is 22.9 Å². The number of nitrogens with zero attached hydrogens (tertiary/aromatic N) is 3. The molecule has 0 unspecified atom stereocenters. The van der Waals surface area contributed by atoms with Crippen molar-refractivity contribution in [3.8, 4) is 5.75 Å². The Kier molecular flexibility index (Phi) is 10.6. The number of alkyl halides is 6. The monoisotopic (exact) mass is 718 g/mol. The summed E-state index contributed by atoms with van der Waals surface area (Å²) in [5.41, 5.74) is 5.53. The molecule has 0 spiro atoms. The van der Waals surface area contributed by atoms with E-state index in [2.05, 4.69) is 5.32 Å². The predicted octanol–water partition coefficient (Wildman–Crippen LogP) is 2.21. The highest BCUT2D eigenvalue weighted by Gasteiger charge is 2.51. The molecule has 2 saturated heterocycles. The first kappa shape index (κ1) is 36.7. The van der Waals surface area contributed by atoms with Crippen molar-refractivity contribution in [1.82, 2.24) is 9.80 Å². The Morgan fingerprint density at radius 1 is 1.06 bits per heavy atom. The summed E-state index contributed by atoms with van der Waals surface area (Å²) >= 11 is 1.35. The Labute approximate surface area is 276 Å². The molecule has 5 rings (SSSR count). The summed E-state index contributed by atoms with van der Waals surface area (Å²) in [5, 5.41) is 28.0. The average molecular weight is 719 g/mol. The van der Waals surface area contributed by atoms with E-state index in [-0.39, 0.29) is 24.7 Å². The van der Waals surface area contributed by atoms with Crippen molar-refractivity contribution in [2.45, 2.75) is 43.3 Å². The van der Waals surface area contributed by atoms with Crippen LogP contribution in [0.3, 0.4) is 0 Å². The number of anilines is 1. The van der Waals surface area contributed by atoms with Gasteiger partial charge in [-0.3, -0.25) is 19.3 Å². The predicted molar refractivity (Wildman–Crippen MR) is 156 cm³/mol. The number of carboxylic acid groups (broad SMARTS) is 2. The van der Waals surface area contributed by atoms with Gasteiger partial charge in [-0.2, -0.15) is 30.9 Å². The van der Waals surface area contributed by atoms with Gasteiger partial charge in [-0.1, -0.05) is 0 Å². The highest BCUT2D eigenvalue weighted by molar-refractivity contribution is 8.00. The molecule has 4 heterocycles. The van der Waals surface area contributed by atoms with Crippen LogP contribution in [-0.2, 0) is 43.2 Å². The number of phenols is 1. The molecule has 0 saturated carbocycles. The van der Waals surface area contributed by atoms with Gasteiger partial charge in [0.25, 0.3) is 5.91 Å². The molecule has 1 aromatic carbocycles. The molecule has 49 heavy (non-hydrogen) atoms. The number of likely N-dealkylation sites (tertiary alicyclic amines) is 1. The largest absolute Gasteiger partial charge is 0.508 e. The van der Waals surface area contributed by atoms with Crippen LogP contribution in [-0.4, -0.2) is 84.7 Å². The SMILES string of the molecule is N[C@@H]1C(=O)N2C(C(=O)O)=C(/C=C3\CCN(Cc4cc[n+](CC(=O)Nc5ccc(O)cc5C(F)(F)F)cc4)C3=O)CS[C@H]12.O=C(O)C(F)(F)F. The van der Waals surface area contributed by atoms with E-state index in [1.165, 1.54) is 21.2 Å². The number of benzene rings is 1. The van der Waals surface area contributed by atoms with E-state index in [4.69, 9.17) is 15.6 Å². The molecule has 2 atom stereocenters. The lowest BCUT2D eigenvalue weighted by Crippen LogP contribution is -2.68. The van der Waals surface area contributed by atoms with Crippen LogP contribution in [0.2, 0.25) is 0 Å². The van der Waals surface area contributed by atoms with E-state index in [0.29, 0.717) is 35.9 Å².